The predicted molar refractivity (Wildman–Crippen MR) is 104 cm³/mol. The van der Waals surface area contributed by atoms with Crippen molar-refractivity contribution in [2.75, 3.05) is 14.1 Å². The fourth-order valence-electron chi connectivity index (χ4n) is 2.66. The monoisotopic (exact) mass is 373 g/mol. The molecule has 25 heavy (non-hydrogen) atoms. The first kappa shape index (κ1) is 17.8. The highest BCUT2D eigenvalue weighted by Crippen LogP contribution is 2.30. The summed E-state index contributed by atoms with van der Waals surface area (Å²) in [5, 5.41) is 1.27. The molecular weight excluding hydrogens is 354 g/mol. The lowest BCUT2D eigenvalue weighted by Gasteiger charge is -2.17. The van der Waals surface area contributed by atoms with Gasteiger partial charge in [-0.2, -0.15) is 0 Å². The first-order valence-corrected chi connectivity index (χ1v) is 9.29. The van der Waals surface area contributed by atoms with Gasteiger partial charge in [-0.25, -0.2) is 4.98 Å². The van der Waals surface area contributed by atoms with Crippen molar-refractivity contribution < 1.29 is 4.79 Å². The van der Waals surface area contributed by atoms with Crippen molar-refractivity contribution in [3.05, 3.63) is 59.1 Å². The molecule has 2 aromatic carbocycles. The molecule has 0 fully saturated rings. The van der Waals surface area contributed by atoms with Crippen molar-refractivity contribution >= 4 is 40.3 Å². The molecule has 4 nitrogen and oxygen atoms in total. The first-order chi connectivity index (χ1) is 12.0. The van der Waals surface area contributed by atoms with Crippen LogP contribution in [0.5, 0.6) is 0 Å². The number of hydrogen-bond donors (Lipinski definition) is 0. The molecule has 0 radical (unpaired) electrons. The summed E-state index contributed by atoms with van der Waals surface area (Å²) in [5.41, 5.74) is 3.04. The average Bonchev–Trinajstić information content (AvgIpc) is 2.91. The molecule has 0 aliphatic carbocycles. The average molecular weight is 374 g/mol. The maximum atomic E-state index is 12.2. The van der Waals surface area contributed by atoms with Crippen molar-refractivity contribution in [2.24, 2.45) is 0 Å². The molecule has 1 aromatic heterocycles. The number of imidazole rings is 1. The van der Waals surface area contributed by atoms with Gasteiger partial charge >= 0.3 is 0 Å². The summed E-state index contributed by atoms with van der Waals surface area (Å²) in [6.45, 7) is 2.61. The third kappa shape index (κ3) is 3.99. The van der Waals surface area contributed by atoms with Crippen LogP contribution in [0.3, 0.4) is 0 Å². The number of hydrogen-bond acceptors (Lipinski definition) is 3. The first-order valence-electron chi connectivity index (χ1n) is 8.03. The predicted octanol–water partition coefficient (Wildman–Crippen LogP) is 4.31. The van der Waals surface area contributed by atoms with Gasteiger partial charge in [0.05, 0.1) is 22.8 Å². The number of carbonyl (C=O) groups excluding carboxylic acids is 1. The number of halogens is 1. The summed E-state index contributed by atoms with van der Waals surface area (Å²) in [6, 6.07) is 15.9. The molecule has 6 heteroatoms. The molecule has 1 heterocycles. The van der Waals surface area contributed by atoms with Gasteiger partial charge in [-0.1, -0.05) is 53.7 Å². The highest BCUT2D eigenvalue weighted by atomic mass is 35.5. The Labute approximate surface area is 156 Å². The van der Waals surface area contributed by atoms with Crippen LogP contribution in [0.1, 0.15) is 12.5 Å². The van der Waals surface area contributed by atoms with E-state index in [-0.39, 0.29) is 11.2 Å². The number of thioether (sulfide) groups is 1. The van der Waals surface area contributed by atoms with E-state index in [0.29, 0.717) is 11.6 Å². The van der Waals surface area contributed by atoms with E-state index in [0.717, 1.165) is 16.2 Å². The molecule has 1 unspecified atom stereocenters. The molecule has 1 amide bonds. The molecule has 3 rings (SSSR count). The lowest BCUT2D eigenvalue weighted by Crippen LogP contribution is -2.29. The number of aromatic nitrogens is 2. The molecule has 0 saturated heterocycles. The summed E-state index contributed by atoms with van der Waals surface area (Å²) in [4.78, 5) is 18.6. The third-order valence-corrected chi connectivity index (χ3v) is 5.24. The molecule has 0 bridgehead atoms. The van der Waals surface area contributed by atoms with Crippen LogP contribution in [0.4, 0.5) is 0 Å². The molecule has 0 N–H and O–H groups in total. The zero-order chi connectivity index (χ0) is 18.0. The van der Waals surface area contributed by atoms with Gasteiger partial charge in [0, 0.05) is 19.1 Å². The Kier molecular flexibility index (Phi) is 5.35. The van der Waals surface area contributed by atoms with Gasteiger partial charge in [-0.3, -0.25) is 4.79 Å². The summed E-state index contributed by atoms with van der Waals surface area (Å²) in [6.07, 6.45) is 0. The Morgan fingerprint density at radius 3 is 2.64 bits per heavy atom. The lowest BCUT2D eigenvalue weighted by atomic mass is 10.2. The smallest absolute Gasteiger partial charge is 0.235 e. The minimum absolute atomic E-state index is 0.0707. The number of amides is 1. The molecule has 0 aliphatic rings. The van der Waals surface area contributed by atoms with Crippen LogP contribution in [-0.4, -0.2) is 39.7 Å². The van der Waals surface area contributed by atoms with E-state index in [1.54, 1.807) is 19.0 Å². The van der Waals surface area contributed by atoms with E-state index in [1.165, 1.54) is 17.3 Å². The highest BCUT2D eigenvalue weighted by Gasteiger charge is 2.21. The summed E-state index contributed by atoms with van der Waals surface area (Å²) in [7, 11) is 3.54. The molecule has 0 spiro atoms. The van der Waals surface area contributed by atoms with Crippen LogP contribution < -0.4 is 0 Å². The topological polar surface area (TPSA) is 38.1 Å². The largest absolute Gasteiger partial charge is 0.348 e. The normalized spacial score (nSPS) is 12.3. The zero-order valence-corrected chi connectivity index (χ0v) is 16.0. The minimum atomic E-state index is -0.211. The van der Waals surface area contributed by atoms with Crippen LogP contribution >= 0.6 is 23.4 Å². The Morgan fingerprint density at radius 1 is 1.24 bits per heavy atom. The Morgan fingerprint density at radius 2 is 1.96 bits per heavy atom. The van der Waals surface area contributed by atoms with Gasteiger partial charge in [-0.05, 0) is 30.7 Å². The molecular formula is C19H20ClN3OS. The van der Waals surface area contributed by atoms with Gasteiger partial charge in [-0.15, -0.1) is 0 Å². The third-order valence-electron chi connectivity index (χ3n) is 3.93. The standard InChI is InChI=1S/C19H20ClN3OS/c1-13(18(24)22(2)3)25-19-21-16-11-15(20)9-10-17(16)23(19)12-14-7-5-4-6-8-14/h4-11,13H,12H2,1-3H3. The highest BCUT2D eigenvalue weighted by molar-refractivity contribution is 8.00. The van der Waals surface area contributed by atoms with Gasteiger partial charge < -0.3 is 9.47 Å². The number of benzene rings is 2. The molecule has 1 atom stereocenters. The second kappa shape index (κ2) is 7.50. The lowest BCUT2D eigenvalue weighted by molar-refractivity contribution is -0.127. The SMILES string of the molecule is CC(Sc1nc2cc(Cl)ccc2n1Cc1ccccc1)C(=O)N(C)C. The number of carbonyl (C=O) groups is 1. The van der Waals surface area contributed by atoms with Gasteiger partial charge in [0.1, 0.15) is 0 Å². The van der Waals surface area contributed by atoms with E-state index in [2.05, 4.69) is 16.7 Å². The van der Waals surface area contributed by atoms with E-state index in [4.69, 9.17) is 16.6 Å². The summed E-state index contributed by atoms with van der Waals surface area (Å²) < 4.78 is 2.14. The minimum Gasteiger partial charge on any atom is -0.348 e. The quantitative estimate of drug-likeness (QED) is 0.625. The van der Waals surface area contributed by atoms with Gasteiger partial charge in [0.25, 0.3) is 0 Å². The molecule has 0 saturated carbocycles. The molecule has 0 aliphatic heterocycles. The van der Waals surface area contributed by atoms with Crippen LogP contribution in [0.15, 0.2) is 53.7 Å². The molecule has 130 valence electrons. The van der Waals surface area contributed by atoms with Gasteiger partial charge in [0.2, 0.25) is 5.91 Å². The van der Waals surface area contributed by atoms with Crippen molar-refractivity contribution in [1.29, 1.82) is 0 Å². The van der Waals surface area contributed by atoms with E-state index < -0.39 is 0 Å². The fraction of sp³-hybridized carbons (Fsp3) is 0.263. The number of fused-ring (bicyclic) bond motifs is 1. The van der Waals surface area contributed by atoms with Crippen molar-refractivity contribution in [3.8, 4) is 0 Å². The van der Waals surface area contributed by atoms with Crippen LogP contribution in [0.2, 0.25) is 5.02 Å². The maximum absolute atomic E-state index is 12.2. The van der Waals surface area contributed by atoms with Crippen LogP contribution in [0.25, 0.3) is 11.0 Å². The summed E-state index contributed by atoms with van der Waals surface area (Å²) >= 11 is 7.60. The maximum Gasteiger partial charge on any atom is 0.235 e. The second-order valence-corrected chi connectivity index (χ2v) is 7.84. The van der Waals surface area contributed by atoms with Crippen LogP contribution in [0, 0.1) is 0 Å². The number of nitrogens with zero attached hydrogens (tertiary/aromatic N) is 3. The zero-order valence-electron chi connectivity index (χ0n) is 14.4. The molecule has 3 aromatic rings. The second-order valence-electron chi connectivity index (χ2n) is 6.09. The van der Waals surface area contributed by atoms with E-state index >= 15 is 0 Å². The fourth-order valence-corrected chi connectivity index (χ4v) is 3.90. The van der Waals surface area contributed by atoms with Crippen molar-refractivity contribution in [2.45, 2.75) is 23.9 Å². The number of rotatable bonds is 5. The van der Waals surface area contributed by atoms with Crippen LogP contribution in [-0.2, 0) is 11.3 Å². The Balaban J connectivity index is 2.01. The Hall–Kier alpha value is -1.98. The van der Waals surface area contributed by atoms with E-state index in [1.807, 2.05) is 43.3 Å². The Bertz CT molecular complexity index is 892. The van der Waals surface area contributed by atoms with Crippen molar-refractivity contribution in [1.82, 2.24) is 14.5 Å². The van der Waals surface area contributed by atoms with Crippen molar-refractivity contribution in [3.63, 3.8) is 0 Å². The van der Waals surface area contributed by atoms with E-state index in [9.17, 15) is 4.79 Å². The van der Waals surface area contributed by atoms with Gasteiger partial charge in [0.15, 0.2) is 5.16 Å². The summed E-state index contributed by atoms with van der Waals surface area (Å²) in [5.74, 6) is 0.0707.